The van der Waals surface area contributed by atoms with E-state index >= 15 is 0 Å². The van der Waals surface area contributed by atoms with E-state index in [0.717, 1.165) is 36.2 Å². The Morgan fingerprint density at radius 1 is 1.44 bits per heavy atom. The van der Waals surface area contributed by atoms with Crippen molar-refractivity contribution >= 4 is 15.9 Å². The average Bonchev–Trinajstić information content (AvgIpc) is 2.28. The molecule has 0 aliphatic heterocycles. The third kappa shape index (κ3) is 4.96. The van der Waals surface area contributed by atoms with Gasteiger partial charge in [-0.2, -0.15) is 0 Å². The van der Waals surface area contributed by atoms with Crippen molar-refractivity contribution in [2.75, 3.05) is 19.8 Å². The molecule has 4 heteroatoms. The maximum absolute atomic E-state index is 9.59. The van der Waals surface area contributed by atoms with Crippen molar-refractivity contribution in [3.63, 3.8) is 0 Å². The zero-order valence-electron chi connectivity index (χ0n) is 9.50. The number of hydrogen-bond donors (Lipinski definition) is 2. The highest BCUT2D eigenvalue weighted by molar-refractivity contribution is 9.10. The van der Waals surface area contributed by atoms with Gasteiger partial charge in [-0.3, -0.25) is 0 Å². The van der Waals surface area contributed by atoms with E-state index in [1.54, 1.807) is 6.07 Å². The molecule has 0 fully saturated rings. The molecule has 1 rings (SSSR count). The quantitative estimate of drug-likeness (QED) is 0.758. The summed E-state index contributed by atoms with van der Waals surface area (Å²) in [6.07, 6.45) is 0.989. The highest BCUT2D eigenvalue weighted by Crippen LogP contribution is 2.21. The minimum atomic E-state index is 0.334. The Morgan fingerprint density at radius 2 is 2.25 bits per heavy atom. The average molecular weight is 288 g/mol. The third-order valence-electron chi connectivity index (χ3n) is 2.20. The summed E-state index contributed by atoms with van der Waals surface area (Å²) in [5.41, 5.74) is 0.908. The molecule has 0 amide bonds. The van der Waals surface area contributed by atoms with Gasteiger partial charge in [0.15, 0.2) is 0 Å². The van der Waals surface area contributed by atoms with Gasteiger partial charge in [0.1, 0.15) is 5.75 Å². The Kier molecular flexibility index (Phi) is 6.45. The molecule has 0 heterocycles. The SMILES string of the molecule is CCOCCCNCc1cc(Br)ccc1O. The molecular weight excluding hydrogens is 270 g/mol. The van der Waals surface area contributed by atoms with Crippen LogP contribution in [-0.4, -0.2) is 24.9 Å². The van der Waals surface area contributed by atoms with Crippen LogP contribution in [0.4, 0.5) is 0 Å². The van der Waals surface area contributed by atoms with Crippen LogP contribution in [0.1, 0.15) is 18.9 Å². The summed E-state index contributed by atoms with van der Waals surface area (Å²) in [5, 5.41) is 12.9. The lowest BCUT2D eigenvalue weighted by molar-refractivity contribution is 0.144. The van der Waals surface area contributed by atoms with Gasteiger partial charge in [0.2, 0.25) is 0 Å². The second-order valence-corrected chi connectivity index (χ2v) is 4.42. The maximum atomic E-state index is 9.59. The summed E-state index contributed by atoms with van der Waals surface area (Å²) in [6.45, 7) is 5.12. The first-order valence-electron chi connectivity index (χ1n) is 5.50. The molecule has 0 bridgehead atoms. The molecule has 0 atom stereocenters. The Bertz CT molecular complexity index is 318. The van der Waals surface area contributed by atoms with Crippen LogP contribution < -0.4 is 5.32 Å². The topological polar surface area (TPSA) is 41.5 Å². The number of rotatable bonds is 7. The molecule has 0 saturated carbocycles. The molecule has 0 radical (unpaired) electrons. The van der Waals surface area contributed by atoms with E-state index in [2.05, 4.69) is 21.2 Å². The van der Waals surface area contributed by atoms with Crippen LogP contribution in [0.3, 0.4) is 0 Å². The van der Waals surface area contributed by atoms with Crippen LogP contribution in [0.2, 0.25) is 0 Å². The molecule has 1 aromatic carbocycles. The van der Waals surface area contributed by atoms with Crippen molar-refractivity contribution in [1.82, 2.24) is 5.32 Å². The molecule has 0 saturated heterocycles. The lowest BCUT2D eigenvalue weighted by Gasteiger charge is -2.07. The number of nitrogens with one attached hydrogen (secondary N) is 1. The van der Waals surface area contributed by atoms with E-state index in [4.69, 9.17) is 4.74 Å². The third-order valence-corrected chi connectivity index (χ3v) is 2.70. The first-order chi connectivity index (χ1) is 7.74. The first-order valence-corrected chi connectivity index (χ1v) is 6.29. The van der Waals surface area contributed by atoms with E-state index in [1.807, 2.05) is 19.1 Å². The van der Waals surface area contributed by atoms with E-state index in [0.29, 0.717) is 12.3 Å². The van der Waals surface area contributed by atoms with Gasteiger partial charge in [-0.05, 0) is 38.1 Å². The van der Waals surface area contributed by atoms with Gasteiger partial charge in [0.05, 0.1) is 0 Å². The number of aromatic hydroxyl groups is 1. The van der Waals surface area contributed by atoms with Crippen molar-refractivity contribution in [2.45, 2.75) is 19.9 Å². The molecule has 2 N–H and O–H groups in total. The summed E-state index contributed by atoms with van der Waals surface area (Å²) >= 11 is 3.38. The first kappa shape index (κ1) is 13.5. The molecule has 1 aromatic rings. The van der Waals surface area contributed by atoms with Crippen LogP contribution in [0, 0.1) is 0 Å². The standard InChI is InChI=1S/C12H18BrNO2/c1-2-16-7-3-6-14-9-10-8-11(13)4-5-12(10)15/h4-5,8,14-15H,2-3,6-7,9H2,1H3. The predicted molar refractivity (Wildman–Crippen MR) is 68.6 cm³/mol. The highest BCUT2D eigenvalue weighted by atomic mass is 79.9. The van der Waals surface area contributed by atoms with Gasteiger partial charge >= 0.3 is 0 Å². The minimum absolute atomic E-state index is 0.334. The number of benzene rings is 1. The molecule has 3 nitrogen and oxygen atoms in total. The largest absolute Gasteiger partial charge is 0.508 e. The van der Waals surface area contributed by atoms with Crippen LogP contribution in [0.15, 0.2) is 22.7 Å². The maximum Gasteiger partial charge on any atom is 0.120 e. The van der Waals surface area contributed by atoms with Gasteiger partial charge in [-0.25, -0.2) is 0 Å². The summed E-state index contributed by atoms with van der Waals surface area (Å²) in [4.78, 5) is 0. The van der Waals surface area contributed by atoms with Crippen molar-refractivity contribution < 1.29 is 9.84 Å². The molecule has 0 aliphatic carbocycles. The second-order valence-electron chi connectivity index (χ2n) is 3.50. The smallest absolute Gasteiger partial charge is 0.120 e. The number of ether oxygens (including phenoxy) is 1. The molecular formula is C12H18BrNO2. The van der Waals surface area contributed by atoms with Crippen molar-refractivity contribution in [1.29, 1.82) is 0 Å². The highest BCUT2D eigenvalue weighted by Gasteiger charge is 2.00. The summed E-state index contributed by atoms with van der Waals surface area (Å²) < 4.78 is 6.21. The molecule has 0 aromatic heterocycles. The molecule has 16 heavy (non-hydrogen) atoms. The minimum Gasteiger partial charge on any atom is -0.508 e. The van der Waals surface area contributed by atoms with Crippen molar-refractivity contribution in [2.24, 2.45) is 0 Å². The summed E-state index contributed by atoms with van der Waals surface area (Å²) in [6, 6.07) is 5.44. The Morgan fingerprint density at radius 3 is 3.00 bits per heavy atom. The number of phenolic OH excluding ortho intramolecular Hbond substituents is 1. The van der Waals surface area contributed by atoms with E-state index in [-0.39, 0.29) is 0 Å². The van der Waals surface area contributed by atoms with Crippen LogP contribution >= 0.6 is 15.9 Å². The zero-order valence-corrected chi connectivity index (χ0v) is 11.1. The molecule has 0 unspecified atom stereocenters. The Hall–Kier alpha value is -0.580. The normalized spacial score (nSPS) is 10.6. The fourth-order valence-electron chi connectivity index (χ4n) is 1.36. The second kappa shape index (κ2) is 7.65. The van der Waals surface area contributed by atoms with Crippen LogP contribution in [0.5, 0.6) is 5.75 Å². The van der Waals surface area contributed by atoms with Crippen LogP contribution in [0.25, 0.3) is 0 Å². The van der Waals surface area contributed by atoms with Gasteiger partial charge in [-0.15, -0.1) is 0 Å². The van der Waals surface area contributed by atoms with Crippen molar-refractivity contribution in [3.05, 3.63) is 28.2 Å². The number of hydrogen-bond acceptors (Lipinski definition) is 3. The number of halogens is 1. The summed E-state index contributed by atoms with van der Waals surface area (Å²) in [5.74, 6) is 0.334. The lowest BCUT2D eigenvalue weighted by atomic mass is 10.2. The number of phenols is 1. The van der Waals surface area contributed by atoms with Crippen molar-refractivity contribution in [3.8, 4) is 5.75 Å². The zero-order chi connectivity index (χ0) is 11.8. The van der Waals surface area contributed by atoms with Gasteiger partial charge in [0, 0.05) is 29.8 Å². The molecule has 90 valence electrons. The Labute approximate surface area is 105 Å². The Balaban J connectivity index is 2.23. The predicted octanol–water partition coefficient (Wildman–Crippen LogP) is 2.67. The molecule has 0 aliphatic rings. The van der Waals surface area contributed by atoms with Gasteiger partial charge in [-0.1, -0.05) is 15.9 Å². The van der Waals surface area contributed by atoms with E-state index < -0.39 is 0 Å². The molecule has 0 spiro atoms. The van der Waals surface area contributed by atoms with E-state index in [1.165, 1.54) is 0 Å². The fraction of sp³-hybridized carbons (Fsp3) is 0.500. The van der Waals surface area contributed by atoms with Gasteiger partial charge < -0.3 is 15.2 Å². The van der Waals surface area contributed by atoms with Gasteiger partial charge in [0.25, 0.3) is 0 Å². The van der Waals surface area contributed by atoms with Crippen LogP contribution in [-0.2, 0) is 11.3 Å². The lowest BCUT2D eigenvalue weighted by Crippen LogP contribution is -2.16. The summed E-state index contributed by atoms with van der Waals surface area (Å²) in [7, 11) is 0. The fourth-order valence-corrected chi connectivity index (χ4v) is 1.77. The monoisotopic (exact) mass is 287 g/mol. The van der Waals surface area contributed by atoms with E-state index in [9.17, 15) is 5.11 Å².